The van der Waals surface area contributed by atoms with E-state index in [0.717, 1.165) is 25.2 Å². The summed E-state index contributed by atoms with van der Waals surface area (Å²) in [5, 5.41) is 12.4. The van der Waals surface area contributed by atoms with Crippen LogP contribution in [0.2, 0.25) is 0 Å². The summed E-state index contributed by atoms with van der Waals surface area (Å²) in [5.41, 5.74) is 0.901. The predicted octanol–water partition coefficient (Wildman–Crippen LogP) is 0.791. The topological polar surface area (TPSA) is 76.4 Å². The standard InChI is InChI=1S/C12H17N3O3/c16-11(17)8-2-3-13-9(6-8)10-7-15-4-1-5-18-12(15)14-10/h7-9,13H,1-6H2,(H,16,17). The Hall–Kier alpha value is -1.56. The van der Waals surface area contributed by atoms with Crippen molar-refractivity contribution in [2.24, 2.45) is 5.92 Å². The number of hydrogen-bond donors (Lipinski definition) is 2. The van der Waals surface area contributed by atoms with Crippen LogP contribution in [-0.4, -0.2) is 33.8 Å². The summed E-state index contributed by atoms with van der Waals surface area (Å²) in [6.07, 6.45) is 4.27. The van der Waals surface area contributed by atoms with Gasteiger partial charge in [-0.25, -0.2) is 0 Å². The number of aryl methyl sites for hydroxylation is 1. The van der Waals surface area contributed by atoms with Gasteiger partial charge < -0.3 is 19.7 Å². The SMILES string of the molecule is O=C(O)C1CCNC(c2cn3c(n2)OCCC3)C1. The second-order valence-corrected chi connectivity index (χ2v) is 4.91. The van der Waals surface area contributed by atoms with E-state index in [1.54, 1.807) is 0 Å². The maximum Gasteiger partial charge on any atom is 0.306 e. The average Bonchev–Trinajstić information content (AvgIpc) is 2.82. The molecule has 2 unspecified atom stereocenters. The van der Waals surface area contributed by atoms with Gasteiger partial charge in [0.1, 0.15) is 0 Å². The number of carboxylic acid groups (broad SMARTS) is 1. The first-order chi connectivity index (χ1) is 8.74. The van der Waals surface area contributed by atoms with Crippen molar-refractivity contribution < 1.29 is 14.6 Å². The van der Waals surface area contributed by atoms with Gasteiger partial charge >= 0.3 is 5.97 Å². The molecule has 1 fully saturated rings. The zero-order valence-corrected chi connectivity index (χ0v) is 10.1. The van der Waals surface area contributed by atoms with Gasteiger partial charge in [-0.05, 0) is 25.8 Å². The van der Waals surface area contributed by atoms with Gasteiger partial charge in [-0.3, -0.25) is 4.79 Å². The van der Waals surface area contributed by atoms with Crippen LogP contribution in [0.1, 0.15) is 31.0 Å². The molecule has 0 radical (unpaired) electrons. The summed E-state index contributed by atoms with van der Waals surface area (Å²) >= 11 is 0. The third kappa shape index (κ3) is 2.08. The van der Waals surface area contributed by atoms with E-state index in [0.29, 0.717) is 25.5 Å². The molecule has 0 saturated carbocycles. The number of nitrogens with zero attached hydrogens (tertiary/aromatic N) is 2. The first kappa shape index (κ1) is 11.5. The highest BCUT2D eigenvalue weighted by Crippen LogP contribution is 2.29. The van der Waals surface area contributed by atoms with Crippen molar-refractivity contribution >= 4 is 5.97 Å². The minimum atomic E-state index is -0.707. The maximum absolute atomic E-state index is 11.0. The van der Waals surface area contributed by atoms with Crippen LogP contribution in [0.4, 0.5) is 0 Å². The third-order valence-electron chi connectivity index (χ3n) is 3.64. The molecule has 0 aliphatic carbocycles. The molecule has 1 aromatic rings. The first-order valence-electron chi connectivity index (χ1n) is 6.40. The lowest BCUT2D eigenvalue weighted by molar-refractivity contribution is -0.143. The number of ether oxygens (including phenoxy) is 1. The highest BCUT2D eigenvalue weighted by atomic mass is 16.5. The van der Waals surface area contributed by atoms with Crippen LogP contribution >= 0.6 is 0 Å². The fourth-order valence-corrected chi connectivity index (χ4v) is 2.63. The van der Waals surface area contributed by atoms with Crippen molar-refractivity contribution in [1.82, 2.24) is 14.9 Å². The molecule has 2 aliphatic rings. The molecular weight excluding hydrogens is 234 g/mol. The van der Waals surface area contributed by atoms with Gasteiger partial charge in [0.05, 0.1) is 24.3 Å². The molecule has 6 nitrogen and oxygen atoms in total. The van der Waals surface area contributed by atoms with Gasteiger partial charge in [0.2, 0.25) is 0 Å². The number of piperidine rings is 1. The Kier molecular flexibility index (Phi) is 2.95. The number of aliphatic carboxylic acids is 1. The van der Waals surface area contributed by atoms with Crippen LogP contribution in [0.25, 0.3) is 0 Å². The van der Waals surface area contributed by atoms with Crippen LogP contribution in [0.3, 0.4) is 0 Å². The Morgan fingerprint density at radius 1 is 1.61 bits per heavy atom. The molecule has 0 spiro atoms. The fourth-order valence-electron chi connectivity index (χ4n) is 2.63. The van der Waals surface area contributed by atoms with Crippen LogP contribution < -0.4 is 10.1 Å². The van der Waals surface area contributed by atoms with E-state index in [-0.39, 0.29) is 12.0 Å². The molecule has 2 N–H and O–H groups in total. The van der Waals surface area contributed by atoms with Crippen LogP contribution in [-0.2, 0) is 11.3 Å². The lowest BCUT2D eigenvalue weighted by atomic mass is 9.91. The van der Waals surface area contributed by atoms with Crippen LogP contribution in [0.5, 0.6) is 6.01 Å². The minimum Gasteiger partial charge on any atom is -0.481 e. The van der Waals surface area contributed by atoms with Gasteiger partial charge in [-0.15, -0.1) is 0 Å². The summed E-state index contributed by atoms with van der Waals surface area (Å²) in [6.45, 7) is 2.37. The second-order valence-electron chi connectivity index (χ2n) is 4.91. The number of carboxylic acids is 1. The Bertz CT molecular complexity index is 434. The quantitative estimate of drug-likeness (QED) is 0.812. The van der Waals surface area contributed by atoms with Crippen molar-refractivity contribution in [3.05, 3.63) is 11.9 Å². The number of imidazole rings is 1. The van der Waals surface area contributed by atoms with E-state index in [4.69, 9.17) is 9.84 Å². The Balaban J connectivity index is 1.77. The molecule has 3 rings (SSSR count). The van der Waals surface area contributed by atoms with Gasteiger partial charge in [0.15, 0.2) is 0 Å². The van der Waals surface area contributed by atoms with Gasteiger partial charge in [0.25, 0.3) is 6.01 Å². The molecule has 0 amide bonds. The molecule has 2 atom stereocenters. The Morgan fingerprint density at radius 2 is 2.50 bits per heavy atom. The summed E-state index contributed by atoms with van der Waals surface area (Å²) in [6, 6.07) is 0.692. The van der Waals surface area contributed by atoms with E-state index in [2.05, 4.69) is 10.3 Å². The minimum absolute atomic E-state index is 0.0292. The molecular formula is C12H17N3O3. The largest absolute Gasteiger partial charge is 0.481 e. The highest BCUT2D eigenvalue weighted by molar-refractivity contribution is 5.70. The number of hydrogen-bond acceptors (Lipinski definition) is 4. The Morgan fingerprint density at radius 3 is 3.28 bits per heavy atom. The zero-order valence-electron chi connectivity index (χ0n) is 10.1. The highest BCUT2D eigenvalue weighted by Gasteiger charge is 2.29. The summed E-state index contributed by atoms with van der Waals surface area (Å²) in [4.78, 5) is 15.5. The van der Waals surface area contributed by atoms with Gasteiger partial charge in [-0.1, -0.05) is 0 Å². The normalized spacial score (nSPS) is 27.3. The molecule has 6 heteroatoms. The molecule has 1 aromatic heterocycles. The third-order valence-corrected chi connectivity index (χ3v) is 3.64. The van der Waals surface area contributed by atoms with Crippen molar-refractivity contribution in [2.45, 2.75) is 31.8 Å². The zero-order chi connectivity index (χ0) is 12.5. The van der Waals surface area contributed by atoms with Crippen LogP contribution in [0, 0.1) is 5.92 Å². The first-order valence-corrected chi connectivity index (χ1v) is 6.40. The molecule has 0 aromatic carbocycles. The second kappa shape index (κ2) is 4.61. The van der Waals surface area contributed by atoms with Crippen LogP contribution in [0.15, 0.2) is 6.20 Å². The van der Waals surface area contributed by atoms with Gasteiger partial charge in [0, 0.05) is 12.7 Å². The number of rotatable bonds is 2. The lowest BCUT2D eigenvalue weighted by Gasteiger charge is -2.26. The number of nitrogens with one attached hydrogen (secondary N) is 1. The van der Waals surface area contributed by atoms with Crippen molar-refractivity contribution in [3.63, 3.8) is 0 Å². The van der Waals surface area contributed by atoms with E-state index in [1.807, 2.05) is 10.8 Å². The summed E-state index contributed by atoms with van der Waals surface area (Å²) < 4.78 is 7.48. The molecule has 0 bridgehead atoms. The van der Waals surface area contributed by atoms with E-state index >= 15 is 0 Å². The molecule has 3 heterocycles. The predicted molar refractivity (Wildman–Crippen MR) is 63.4 cm³/mol. The van der Waals surface area contributed by atoms with E-state index < -0.39 is 5.97 Å². The number of carbonyl (C=O) groups is 1. The number of fused-ring (bicyclic) bond motifs is 1. The monoisotopic (exact) mass is 251 g/mol. The molecule has 2 aliphatic heterocycles. The fraction of sp³-hybridized carbons (Fsp3) is 0.667. The maximum atomic E-state index is 11.0. The lowest BCUT2D eigenvalue weighted by Crippen LogP contribution is -2.35. The molecule has 1 saturated heterocycles. The van der Waals surface area contributed by atoms with Crippen molar-refractivity contribution in [2.75, 3.05) is 13.2 Å². The molecule has 98 valence electrons. The van der Waals surface area contributed by atoms with E-state index in [1.165, 1.54) is 0 Å². The average molecular weight is 251 g/mol. The van der Waals surface area contributed by atoms with Gasteiger partial charge in [-0.2, -0.15) is 4.98 Å². The van der Waals surface area contributed by atoms with Crippen molar-refractivity contribution in [3.8, 4) is 6.01 Å². The van der Waals surface area contributed by atoms with E-state index in [9.17, 15) is 4.79 Å². The Labute approximate surface area is 105 Å². The summed E-state index contributed by atoms with van der Waals surface area (Å²) in [5.74, 6) is -0.974. The smallest absolute Gasteiger partial charge is 0.306 e. The van der Waals surface area contributed by atoms with Crippen molar-refractivity contribution in [1.29, 1.82) is 0 Å². The summed E-state index contributed by atoms with van der Waals surface area (Å²) in [7, 11) is 0. The molecule has 18 heavy (non-hydrogen) atoms. The number of aromatic nitrogens is 2.